The van der Waals surface area contributed by atoms with Gasteiger partial charge in [-0.1, -0.05) is 66.0 Å². The van der Waals surface area contributed by atoms with Crippen LogP contribution in [0.4, 0.5) is 14.5 Å². The summed E-state index contributed by atoms with van der Waals surface area (Å²) in [6.45, 7) is 2.26. The lowest BCUT2D eigenvalue weighted by atomic mass is 10.1. The van der Waals surface area contributed by atoms with E-state index in [4.69, 9.17) is 40.3 Å². The maximum atomic E-state index is 13.8. The number of nitrogens with one attached hydrogen (secondary N) is 2. The molecule has 0 aromatic heterocycles. The number of rotatable bonds is 8. The lowest BCUT2D eigenvalue weighted by Gasteiger charge is -2.11. The molecule has 0 unspecified atom stereocenters. The van der Waals surface area contributed by atoms with Crippen LogP contribution in [0.25, 0.3) is 0 Å². The van der Waals surface area contributed by atoms with Crippen LogP contribution < -0.4 is 10.6 Å². The van der Waals surface area contributed by atoms with Gasteiger partial charge in [0.05, 0.1) is 15.8 Å². The van der Waals surface area contributed by atoms with E-state index in [1.54, 1.807) is 36.4 Å². The Kier molecular flexibility index (Phi) is 9.54. The van der Waals surface area contributed by atoms with E-state index in [0.717, 1.165) is 35.4 Å². The fourth-order valence-corrected chi connectivity index (χ4v) is 3.58. The molecule has 3 aromatic rings. The number of halogens is 4. The third-order valence-electron chi connectivity index (χ3n) is 4.77. The van der Waals surface area contributed by atoms with Crippen molar-refractivity contribution in [2.75, 3.05) is 5.32 Å². The molecule has 35 heavy (non-hydrogen) atoms. The maximum absolute atomic E-state index is 13.8. The number of hydrogen-bond acceptors (Lipinski definition) is 4. The second-order valence-electron chi connectivity index (χ2n) is 7.39. The van der Waals surface area contributed by atoms with Gasteiger partial charge < -0.3 is 10.2 Å². The summed E-state index contributed by atoms with van der Waals surface area (Å²) in [5, 5.41) is 10.1. The molecule has 0 saturated heterocycles. The lowest BCUT2D eigenvalue weighted by Crippen LogP contribution is -2.35. The van der Waals surface area contributed by atoms with Gasteiger partial charge in [0.2, 0.25) is 0 Å². The first-order chi connectivity index (χ1) is 16.8. The van der Waals surface area contributed by atoms with E-state index >= 15 is 0 Å². The van der Waals surface area contributed by atoms with Gasteiger partial charge in [0.25, 0.3) is 5.91 Å². The monoisotopic (exact) mass is 535 g/mol. The lowest BCUT2D eigenvalue weighted by molar-refractivity contribution is 0.0969. The Bertz CT molecular complexity index is 1230. The molecule has 0 bridgehead atoms. The molecule has 0 aliphatic heterocycles. The number of oxime groups is 1. The number of nitrogens with zero attached hydrogens (tertiary/aromatic N) is 1. The maximum Gasteiger partial charge on any atom is 0.263 e. The van der Waals surface area contributed by atoms with Crippen LogP contribution in [0.5, 0.6) is 0 Å². The Morgan fingerprint density at radius 3 is 2.34 bits per heavy atom. The summed E-state index contributed by atoms with van der Waals surface area (Å²) in [6, 6.07) is 15.5. The predicted molar refractivity (Wildman–Crippen MR) is 139 cm³/mol. The van der Waals surface area contributed by atoms with Crippen molar-refractivity contribution in [3.8, 4) is 0 Å². The van der Waals surface area contributed by atoms with Gasteiger partial charge >= 0.3 is 0 Å². The molecule has 0 spiro atoms. The standard InChI is InChI=1S/C25H21Cl2F2N3O2S/c1-2-4-22(16-9-12-18(26)19(27)13-16)32-34-14-15-7-10-17(11-8-15)30-25(35)31-24(33)23-20(28)5-3-6-21(23)29/h3,5-13H,2,4,14H2,1H3,(H2,30,31,33,35). The zero-order chi connectivity index (χ0) is 25.4. The molecule has 10 heteroatoms. The highest BCUT2D eigenvalue weighted by molar-refractivity contribution is 7.80. The molecule has 0 radical (unpaired) electrons. The van der Waals surface area contributed by atoms with Crippen molar-refractivity contribution in [1.29, 1.82) is 0 Å². The number of thiocarbonyl (C=S) groups is 1. The number of carbonyl (C=O) groups excluding carboxylic acids is 1. The van der Waals surface area contributed by atoms with Crippen LogP contribution in [0.2, 0.25) is 10.0 Å². The molecule has 0 fully saturated rings. The molecular formula is C25H21Cl2F2N3O2S. The minimum atomic E-state index is -0.981. The molecule has 3 rings (SSSR count). The molecule has 182 valence electrons. The molecule has 0 aliphatic rings. The van der Waals surface area contributed by atoms with Crippen LogP contribution in [0.1, 0.15) is 41.3 Å². The highest BCUT2D eigenvalue weighted by Crippen LogP contribution is 2.24. The number of anilines is 1. The highest BCUT2D eigenvalue weighted by atomic mass is 35.5. The van der Waals surface area contributed by atoms with Crippen molar-refractivity contribution in [2.24, 2.45) is 5.16 Å². The van der Waals surface area contributed by atoms with Crippen LogP contribution in [0, 0.1) is 11.6 Å². The Labute approximate surface area is 217 Å². The van der Waals surface area contributed by atoms with E-state index in [1.165, 1.54) is 6.07 Å². The summed E-state index contributed by atoms with van der Waals surface area (Å²) in [5.41, 5.74) is 2.31. The topological polar surface area (TPSA) is 62.7 Å². The summed E-state index contributed by atoms with van der Waals surface area (Å²) in [5.74, 6) is -2.93. The fourth-order valence-electron chi connectivity index (χ4n) is 3.07. The van der Waals surface area contributed by atoms with Gasteiger partial charge in [-0.3, -0.25) is 10.1 Å². The molecule has 1 amide bonds. The van der Waals surface area contributed by atoms with Crippen LogP contribution in [0.15, 0.2) is 65.8 Å². The molecule has 2 N–H and O–H groups in total. The molecule has 0 heterocycles. The third kappa shape index (κ3) is 7.45. The fraction of sp³-hybridized carbons (Fsp3) is 0.160. The van der Waals surface area contributed by atoms with Crippen LogP contribution in [0.3, 0.4) is 0 Å². The number of carbonyl (C=O) groups is 1. The van der Waals surface area contributed by atoms with Gasteiger partial charge in [-0.2, -0.15) is 0 Å². The summed E-state index contributed by atoms with van der Waals surface area (Å²) >= 11 is 17.2. The average Bonchev–Trinajstić information content (AvgIpc) is 2.81. The number of benzene rings is 3. The second kappa shape index (κ2) is 12.6. The Morgan fingerprint density at radius 2 is 1.71 bits per heavy atom. The van der Waals surface area contributed by atoms with Crippen LogP contribution >= 0.6 is 35.4 Å². The van der Waals surface area contributed by atoms with E-state index in [0.29, 0.717) is 22.2 Å². The first-order valence-electron chi connectivity index (χ1n) is 10.6. The smallest absolute Gasteiger partial charge is 0.263 e. The predicted octanol–water partition coefficient (Wildman–Crippen LogP) is 7.12. The molecule has 3 aromatic carbocycles. The molecule has 0 aliphatic carbocycles. The van der Waals surface area contributed by atoms with Crippen molar-refractivity contribution in [2.45, 2.75) is 26.4 Å². The normalized spacial score (nSPS) is 11.2. The van der Waals surface area contributed by atoms with E-state index in [1.807, 2.05) is 13.0 Å². The largest absolute Gasteiger partial charge is 0.391 e. The quantitative estimate of drug-likeness (QED) is 0.183. The summed E-state index contributed by atoms with van der Waals surface area (Å²) < 4.78 is 27.5. The van der Waals surface area contributed by atoms with Gasteiger partial charge in [0.1, 0.15) is 23.8 Å². The highest BCUT2D eigenvalue weighted by Gasteiger charge is 2.18. The summed E-state index contributed by atoms with van der Waals surface area (Å²) in [7, 11) is 0. The molecular weight excluding hydrogens is 515 g/mol. The first kappa shape index (κ1) is 26.5. The Hall–Kier alpha value is -3.07. The SMILES string of the molecule is CCCC(=NOCc1ccc(NC(=S)NC(=O)c2c(F)cccc2F)cc1)c1ccc(Cl)c(Cl)c1. The van der Waals surface area contributed by atoms with Crippen LogP contribution in [-0.4, -0.2) is 16.7 Å². The average molecular weight is 536 g/mol. The summed E-state index contributed by atoms with van der Waals surface area (Å²) in [6.07, 6.45) is 1.59. The number of amides is 1. The van der Waals surface area contributed by atoms with Gasteiger partial charge in [0.15, 0.2) is 5.11 Å². The first-order valence-corrected chi connectivity index (χ1v) is 11.7. The van der Waals surface area contributed by atoms with Gasteiger partial charge in [-0.15, -0.1) is 0 Å². The molecule has 0 saturated carbocycles. The van der Waals surface area contributed by atoms with E-state index in [-0.39, 0.29) is 11.7 Å². The van der Waals surface area contributed by atoms with Crippen molar-refractivity contribution < 1.29 is 18.4 Å². The van der Waals surface area contributed by atoms with Gasteiger partial charge in [0, 0.05) is 11.3 Å². The second-order valence-corrected chi connectivity index (χ2v) is 8.61. The van der Waals surface area contributed by atoms with Crippen molar-refractivity contribution >= 4 is 57.8 Å². The number of hydrogen-bond donors (Lipinski definition) is 2. The third-order valence-corrected chi connectivity index (χ3v) is 5.72. The Morgan fingerprint density at radius 1 is 1.03 bits per heavy atom. The minimum Gasteiger partial charge on any atom is -0.391 e. The zero-order valence-corrected chi connectivity index (χ0v) is 20.9. The summed E-state index contributed by atoms with van der Waals surface area (Å²) in [4.78, 5) is 17.7. The van der Waals surface area contributed by atoms with Crippen LogP contribution in [-0.2, 0) is 11.4 Å². The van der Waals surface area contributed by atoms with Gasteiger partial charge in [-0.25, -0.2) is 8.78 Å². The van der Waals surface area contributed by atoms with Gasteiger partial charge in [-0.05, 0) is 60.6 Å². The molecule has 0 atom stereocenters. The molecule has 5 nitrogen and oxygen atoms in total. The van der Waals surface area contributed by atoms with Crippen molar-refractivity contribution in [3.05, 3.63) is 99.0 Å². The van der Waals surface area contributed by atoms with E-state index in [2.05, 4.69) is 15.8 Å². The van der Waals surface area contributed by atoms with Crippen molar-refractivity contribution in [1.82, 2.24) is 5.32 Å². The van der Waals surface area contributed by atoms with Crippen molar-refractivity contribution in [3.63, 3.8) is 0 Å². The van der Waals surface area contributed by atoms with E-state index < -0.39 is 23.1 Å². The minimum absolute atomic E-state index is 0.0999. The zero-order valence-electron chi connectivity index (χ0n) is 18.6. The Balaban J connectivity index is 1.57. The van der Waals surface area contributed by atoms with E-state index in [9.17, 15) is 13.6 Å².